The van der Waals surface area contributed by atoms with Gasteiger partial charge in [-0.1, -0.05) is 72.3 Å². The number of rotatable bonds is 9. The maximum absolute atomic E-state index is 12.8. The Morgan fingerprint density at radius 1 is 0.700 bits per heavy atom. The number of aryl methyl sites for hydroxylation is 1. The van der Waals surface area contributed by atoms with Crippen LogP contribution in [0.25, 0.3) is 0 Å². The zero-order valence-corrected chi connectivity index (χ0v) is 42.4. The Kier molecular flexibility index (Phi) is 21.0. The second-order valence-electron chi connectivity index (χ2n) is 17.8. The highest BCUT2D eigenvalue weighted by atomic mass is 35.5. The molecule has 4 heterocycles. The molecule has 0 aliphatic carbocycles. The lowest BCUT2D eigenvalue weighted by Gasteiger charge is -2.41. The standard InChI is InChI=1S/C23H32N4O5.C12H10ClF3N2O.C12H21NO4.CH3F/c1-16-19(30-5)20(27(24-16)14-17-10-8-7-9-11-17)25-12-13-26(18(15-25)21(28)31-6)22(29)32-23(2,3)4;1-19-9-10(12(14,15)16)17-18(11(9)13)7-8-5-3-2-4-6-8;1-12(2,3)17-11(15)13-8-6-5-7-9(13)10(14)16-4;1-2/h7-11,18H,12-15H2,1-6H3;2-6H,7H2,1H3;9H,5-8H2,1-4H3;1H3/t18-;;9-;/m0.0./s1/i;;;1D. The van der Waals surface area contributed by atoms with E-state index in [1.165, 1.54) is 24.0 Å². The Bertz CT molecular complexity index is 2330. The molecule has 0 bridgehead atoms. The summed E-state index contributed by atoms with van der Waals surface area (Å²) in [5.41, 5.74) is 0.316. The molecule has 2 aliphatic rings. The van der Waals surface area contributed by atoms with Crippen LogP contribution in [0.2, 0.25) is 5.15 Å². The van der Waals surface area contributed by atoms with Gasteiger partial charge in [0.2, 0.25) is 5.69 Å². The fourth-order valence-electron chi connectivity index (χ4n) is 7.32. The summed E-state index contributed by atoms with van der Waals surface area (Å²) in [6.45, 7) is 15.0. The molecular formula is C48H66ClF4N7O10. The topological polar surface area (TPSA) is 169 Å². The second-order valence-corrected chi connectivity index (χ2v) is 18.1. The molecule has 2 saturated heterocycles. The van der Waals surface area contributed by atoms with E-state index in [4.69, 9.17) is 36.7 Å². The largest absolute Gasteiger partial charge is 0.491 e. The zero-order chi connectivity index (χ0) is 53.3. The van der Waals surface area contributed by atoms with Gasteiger partial charge in [0.1, 0.15) is 22.9 Å². The van der Waals surface area contributed by atoms with Crippen molar-refractivity contribution in [2.45, 2.75) is 110 Å². The number of methoxy groups -OCH3 is 4. The van der Waals surface area contributed by atoms with Crippen molar-refractivity contribution < 1.29 is 66.5 Å². The fraction of sp³-hybridized carbons (Fsp3) is 0.542. The summed E-state index contributed by atoms with van der Waals surface area (Å²) in [4.78, 5) is 53.8. The summed E-state index contributed by atoms with van der Waals surface area (Å²) >= 11 is 5.86. The number of carbonyl (C=O) groups is 4. The van der Waals surface area contributed by atoms with Crippen molar-refractivity contribution in [2.75, 3.05) is 66.7 Å². The van der Waals surface area contributed by atoms with Gasteiger partial charge in [-0.15, -0.1) is 0 Å². The number of benzene rings is 2. The summed E-state index contributed by atoms with van der Waals surface area (Å²) in [5, 5.41) is 7.99. The van der Waals surface area contributed by atoms with Gasteiger partial charge in [0.05, 0.1) is 56.6 Å². The van der Waals surface area contributed by atoms with Crippen molar-refractivity contribution in [1.29, 1.82) is 0 Å². The Balaban J connectivity index is 0.000000292. The van der Waals surface area contributed by atoms with Crippen LogP contribution in [0.4, 0.5) is 33.0 Å². The van der Waals surface area contributed by atoms with E-state index in [1.807, 2.05) is 73.7 Å². The number of nitrogens with zero attached hydrogens (tertiary/aromatic N) is 7. The third-order valence-corrected chi connectivity index (χ3v) is 10.7. The van der Waals surface area contributed by atoms with Crippen molar-refractivity contribution in [3.8, 4) is 11.5 Å². The van der Waals surface area contributed by atoms with E-state index in [0.717, 1.165) is 47.3 Å². The quantitative estimate of drug-likeness (QED) is 0.0886. The van der Waals surface area contributed by atoms with E-state index in [-0.39, 0.29) is 24.2 Å². The summed E-state index contributed by atoms with van der Waals surface area (Å²) < 4.78 is 87.6. The number of hydrogen-bond acceptors (Lipinski definition) is 13. The zero-order valence-electron chi connectivity index (χ0n) is 42.6. The van der Waals surface area contributed by atoms with Crippen LogP contribution in [0, 0.1) is 6.92 Å². The number of amides is 2. The van der Waals surface area contributed by atoms with E-state index in [0.29, 0.717) is 38.3 Å². The van der Waals surface area contributed by atoms with E-state index in [1.54, 1.807) is 52.1 Å². The second kappa shape index (κ2) is 26.1. The van der Waals surface area contributed by atoms with Crippen molar-refractivity contribution >= 4 is 41.5 Å². The van der Waals surface area contributed by atoms with E-state index in [2.05, 4.69) is 14.9 Å². The van der Waals surface area contributed by atoms with Gasteiger partial charge in [-0.05, 0) is 78.9 Å². The monoisotopic (exact) mass is 1010 g/mol. The first-order valence-corrected chi connectivity index (χ1v) is 22.5. The Labute approximate surface area is 413 Å². The number of halogens is 5. The molecule has 388 valence electrons. The van der Waals surface area contributed by atoms with Crippen LogP contribution in [-0.4, -0.2) is 139 Å². The first-order valence-electron chi connectivity index (χ1n) is 22.9. The Hall–Kier alpha value is -6.25. The third-order valence-electron chi connectivity index (χ3n) is 10.3. The lowest BCUT2D eigenvalue weighted by molar-refractivity contribution is -0.148. The molecule has 2 fully saturated rings. The van der Waals surface area contributed by atoms with Gasteiger partial charge in [0, 0.05) is 19.6 Å². The lowest BCUT2D eigenvalue weighted by Crippen LogP contribution is -2.59. The highest BCUT2D eigenvalue weighted by molar-refractivity contribution is 6.31. The van der Waals surface area contributed by atoms with Crippen LogP contribution in [0.15, 0.2) is 60.7 Å². The highest BCUT2D eigenvalue weighted by Crippen LogP contribution is 2.40. The molecule has 4 aromatic rings. The number of carbonyl (C=O) groups excluding carboxylic acids is 4. The number of piperazine rings is 1. The van der Waals surface area contributed by atoms with Gasteiger partial charge >= 0.3 is 30.3 Å². The minimum absolute atomic E-state index is 0.145. The van der Waals surface area contributed by atoms with Gasteiger partial charge < -0.3 is 33.3 Å². The number of aromatic nitrogens is 4. The first-order chi connectivity index (χ1) is 33.3. The Morgan fingerprint density at radius 3 is 1.61 bits per heavy atom. The number of esters is 2. The molecule has 22 heteroatoms. The number of alkyl halides is 4. The maximum atomic E-state index is 12.8. The van der Waals surface area contributed by atoms with Crippen molar-refractivity contribution in [1.82, 2.24) is 29.4 Å². The van der Waals surface area contributed by atoms with Crippen LogP contribution in [0.5, 0.6) is 11.5 Å². The van der Waals surface area contributed by atoms with Gasteiger partial charge in [0.15, 0.2) is 28.5 Å². The lowest BCUT2D eigenvalue weighted by atomic mass is 10.0. The average Bonchev–Trinajstić information content (AvgIpc) is 3.82. The molecule has 17 nitrogen and oxygen atoms in total. The molecule has 0 radical (unpaired) electrons. The molecule has 70 heavy (non-hydrogen) atoms. The number of anilines is 1. The predicted molar refractivity (Wildman–Crippen MR) is 254 cm³/mol. The SMILES string of the molecule is COC(=O)[C@@H]1CCCCN1C(=O)OC(C)(C)C.COC(=O)[C@@H]1CN(c2c(OC)c(C)nn2Cc2ccccc2)CCN1C(=O)OC(C)(C)C.COc1c(C(F)(F)F)nn(Cc2ccccc2)c1Cl.[2H]CF. The third kappa shape index (κ3) is 16.4. The normalized spacial score (nSPS) is 16.1. The number of ether oxygens (including phenoxy) is 6. The van der Waals surface area contributed by atoms with Crippen LogP contribution in [0.3, 0.4) is 0 Å². The molecule has 0 unspecified atom stereocenters. The van der Waals surface area contributed by atoms with Crippen LogP contribution in [-0.2, 0) is 47.8 Å². The van der Waals surface area contributed by atoms with E-state index < -0.39 is 66.2 Å². The van der Waals surface area contributed by atoms with Gasteiger partial charge in [-0.3, -0.25) is 14.2 Å². The number of piperidine rings is 1. The van der Waals surface area contributed by atoms with Crippen LogP contribution < -0.4 is 14.4 Å². The molecule has 0 spiro atoms. The average molecular weight is 1010 g/mol. The first kappa shape index (κ1) is 56.3. The van der Waals surface area contributed by atoms with Crippen LogP contribution in [0.1, 0.15) is 84.7 Å². The summed E-state index contributed by atoms with van der Waals surface area (Å²) in [6, 6.07) is 17.6. The molecule has 0 N–H and O–H groups in total. The molecule has 2 amide bonds. The van der Waals surface area contributed by atoms with E-state index in [9.17, 15) is 36.7 Å². The van der Waals surface area contributed by atoms with Crippen molar-refractivity contribution in [3.63, 3.8) is 0 Å². The van der Waals surface area contributed by atoms with Gasteiger partial charge in [0.25, 0.3) is 0 Å². The summed E-state index contributed by atoms with van der Waals surface area (Å²) in [6.07, 6.45) is -3.10. The van der Waals surface area contributed by atoms with Crippen molar-refractivity contribution in [2.24, 2.45) is 0 Å². The smallest absolute Gasteiger partial charge is 0.438 e. The van der Waals surface area contributed by atoms with E-state index >= 15 is 0 Å². The summed E-state index contributed by atoms with van der Waals surface area (Å²) in [7, 11) is 4.39. The fourth-order valence-corrected chi connectivity index (χ4v) is 7.59. The van der Waals surface area contributed by atoms with Gasteiger partial charge in [-0.2, -0.15) is 23.4 Å². The molecule has 2 aromatic heterocycles. The van der Waals surface area contributed by atoms with Crippen LogP contribution >= 0.6 is 11.6 Å². The number of hydrogen-bond donors (Lipinski definition) is 0. The highest BCUT2D eigenvalue weighted by Gasteiger charge is 2.42. The summed E-state index contributed by atoms with van der Waals surface area (Å²) in [5.74, 6) is 0.105. The van der Waals surface area contributed by atoms with Crippen molar-refractivity contribution in [3.05, 3.63) is 88.3 Å². The minimum Gasteiger partial charge on any atom is -0.491 e. The van der Waals surface area contributed by atoms with Gasteiger partial charge in [-0.25, -0.2) is 28.5 Å². The molecule has 2 aliphatic heterocycles. The molecule has 2 aromatic carbocycles. The molecule has 6 rings (SSSR count). The minimum atomic E-state index is -4.60. The molecular weight excluding hydrogens is 946 g/mol. The molecule has 0 saturated carbocycles. The maximum Gasteiger partial charge on any atom is 0.438 e. The predicted octanol–water partition coefficient (Wildman–Crippen LogP) is 8.99. The molecule has 2 atom stereocenters. The Morgan fingerprint density at radius 2 is 1.17 bits per heavy atom. The number of likely N-dealkylation sites (tertiary alicyclic amines) is 1.